The summed E-state index contributed by atoms with van der Waals surface area (Å²) < 4.78 is 5.06. The molecule has 6 nitrogen and oxygen atoms in total. The Morgan fingerprint density at radius 1 is 1.22 bits per heavy atom. The Balaban J connectivity index is 2.30. The van der Waals surface area contributed by atoms with Crippen molar-refractivity contribution in [3.63, 3.8) is 0 Å². The number of methoxy groups -OCH3 is 1. The Kier molecular flexibility index (Phi) is 4.54. The minimum absolute atomic E-state index is 0.0221. The molecule has 0 radical (unpaired) electrons. The van der Waals surface area contributed by atoms with Gasteiger partial charge in [-0.2, -0.15) is 0 Å². The second kappa shape index (κ2) is 6.24. The molecule has 2 aromatic rings. The highest BCUT2D eigenvalue weighted by atomic mass is 16.5. The van der Waals surface area contributed by atoms with E-state index in [9.17, 15) is 9.59 Å². The molecule has 0 saturated heterocycles. The van der Waals surface area contributed by atoms with Crippen LogP contribution in [-0.4, -0.2) is 23.0 Å². The molecule has 0 spiro atoms. The van der Waals surface area contributed by atoms with Crippen molar-refractivity contribution < 1.29 is 9.53 Å². The topological polar surface area (TPSA) is 84.1 Å². The molecule has 0 fully saturated rings. The van der Waals surface area contributed by atoms with Crippen LogP contribution in [0.15, 0.2) is 29.1 Å². The zero-order valence-electron chi connectivity index (χ0n) is 14.0. The van der Waals surface area contributed by atoms with Gasteiger partial charge in [0.25, 0.3) is 11.5 Å². The average Bonchev–Trinajstić information content (AvgIpc) is 2.46. The zero-order valence-corrected chi connectivity index (χ0v) is 14.0. The maximum absolute atomic E-state index is 12.4. The van der Waals surface area contributed by atoms with E-state index in [-0.39, 0.29) is 11.0 Å². The maximum atomic E-state index is 12.4. The number of hydrogen-bond acceptors (Lipinski definition) is 4. The second-order valence-corrected chi connectivity index (χ2v) is 6.31. The molecule has 0 atom stereocenters. The van der Waals surface area contributed by atoms with Crippen LogP contribution in [0.4, 0.5) is 5.69 Å². The number of aromatic nitrogens is 2. The van der Waals surface area contributed by atoms with Gasteiger partial charge in [0, 0.05) is 11.1 Å². The summed E-state index contributed by atoms with van der Waals surface area (Å²) >= 11 is 0. The first-order valence-corrected chi connectivity index (χ1v) is 7.29. The van der Waals surface area contributed by atoms with E-state index in [1.54, 1.807) is 38.3 Å². The highest BCUT2D eigenvalue weighted by Crippen LogP contribution is 2.18. The lowest BCUT2D eigenvalue weighted by atomic mass is 9.95. The Morgan fingerprint density at radius 3 is 2.30 bits per heavy atom. The highest BCUT2D eigenvalue weighted by Gasteiger charge is 2.22. The molecule has 2 rings (SSSR count). The third kappa shape index (κ3) is 3.77. The quantitative estimate of drug-likeness (QED) is 0.912. The Labute approximate surface area is 134 Å². The summed E-state index contributed by atoms with van der Waals surface area (Å²) in [6.45, 7) is 7.50. The summed E-state index contributed by atoms with van der Waals surface area (Å²) in [5, 5.41) is 2.69. The molecule has 1 heterocycles. The zero-order chi connectivity index (χ0) is 17.2. The molecule has 122 valence electrons. The average molecular weight is 315 g/mol. The lowest BCUT2D eigenvalue weighted by Gasteiger charge is -2.18. The summed E-state index contributed by atoms with van der Waals surface area (Å²) in [4.78, 5) is 31.7. The van der Waals surface area contributed by atoms with Crippen molar-refractivity contribution in [3.05, 3.63) is 51.7 Å². The van der Waals surface area contributed by atoms with E-state index in [0.717, 1.165) is 0 Å². The Hall–Kier alpha value is -2.63. The summed E-state index contributed by atoms with van der Waals surface area (Å²) in [6, 6.07) is 6.87. The molecular formula is C17H21N3O3. The molecule has 0 unspecified atom stereocenters. The lowest BCUT2D eigenvalue weighted by molar-refractivity contribution is 0.102. The first kappa shape index (κ1) is 16.7. The monoisotopic (exact) mass is 315 g/mol. The SMILES string of the molecule is COc1ccc(NC(=O)c2c(C)nc(C(C)(C)C)[nH]c2=O)cc1. The summed E-state index contributed by atoms with van der Waals surface area (Å²) in [5.41, 5.74) is 0.274. The van der Waals surface area contributed by atoms with Crippen molar-refractivity contribution in [3.8, 4) is 5.75 Å². The number of benzene rings is 1. The van der Waals surface area contributed by atoms with E-state index in [4.69, 9.17) is 4.74 Å². The summed E-state index contributed by atoms with van der Waals surface area (Å²) in [5.74, 6) is 0.760. The van der Waals surface area contributed by atoms with E-state index in [2.05, 4.69) is 15.3 Å². The molecule has 6 heteroatoms. The number of carbonyl (C=O) groups excluding carboxylic acids is 1. The Morgan fingerprint density at radius 2 is 1.83 bits per heavy atom. The van der Waals surface area contributed by atoms with E-state index in [1.807, 2.05) is 20.8 Å². The Bertz CT molecular complexity index is 771. The van der Waals surface area contributed by atoms with Crippen LogP contribution in [0, 0.1) is 6.92 Å². The van der Waals surface area contributed by atoms with Gasteiger partial charge >= 0.3 is 0 Å². The summed E-state index contributed by atoms with van der Waals surface area (Å²) in [6.07, 6.45) is 0. The van der Waals surface area contributed by atoms with Crippen molar-refractivity contribution in [2.24, 2.45) is 0 Å². The van der Waals surface area contributed by atoms with Crippen LogP contribution in [0.1, 0.15) is 42.6 Å². The molecule has 1 amide bonds. The number of amides is 1. The molecule has 1 aromatic heterocycles. The van der Waals surface area contributed by atoms with E-state index in [1.165, 1.54) is 0 Å². The number of aromatic amines is 1. The van der Waals surface area contributed by atoms with Gasteiger partial charge in [-0.1, -0.05) is 20.8 Å². The van der Waals surface area contributed by atoms with Crippen LogP contribution in [-0.2, 0) is 5.41 Å². The number of carbonyl (C=O) groups is 1. The van der Waals surface area contributed by atoms with Crippen LogP contribution in [0.5, 0.6) is 5.75 Å². The number of nitrogens with one attached hydrogen (secondary N) is 2. The minimum Gasteiger partial charge on any atom is -0.497 e. The van der Waals surface area contributed by atoms with Crippen LogP contribution >= 0.6 is 0 Å². The molecule has 2 N–H and O–H groups in total. The molecule has 0 saturated carbocycles. The third-order valence-corrected chi connectivity index (χ3v) is 3.39. The van der Waals surface area contributed by atoms with Gasteiger partial charge in [0.15, 0.2) is 0 Å². The van der Waals surface area contributed by atoms with Crippen molar-refractivity contribution in [1.29, 1.82) is 0 Å². The number of rotatable bonds is 3. The van der Waals surface area contributed by atoms with Gasteiger partial charge in [-0.25, -0.2) is 4.98 Å². The second-order valence-electron chi connectivity index (χ2n) is 6.31. The molecule has 0 aliphatic heterocycles. The van der Waals surface area contributed by atoms with E-state index in [0.29, 0.717) is 23.0 Å². The third-order valence-electron chi connectivity index (χ3n) is 3.39. The van der Waals surface area contributed by atoms with Gasteiger partial charge < -0.3 is 15.0 Å². The maximum Gasteiger partial charge on any atom is 0.264 e. The molecule has 0 aliphatic rings. The van der Waals surface area contributed by atoms with E-state index >= 15 is 0 Å². The van der Waals surface area contributed by atoms with Crippen molar-refractivity contribution >= 4 is 11.6 Å². The lowest BCUT2D eigenvalue weighted by Crippen LogP contribution is -2.30. The van der Waals surface area contributed by atoms with Gasteiger partial charge in [0.05, 0.1) is 12.8 Å². The molecule has 0 aliphatic carbocycles. The van der Waals surface area contributed by atoms with E-state index < -0.39 is 11.5 Å². The fourth-order valence-corrected chi connectivity index (χ4v) is 2.08. The first-order valence-electron chi connectivity index (χ1n) is 7.29. The highest BCUT2D eigenvalue weighted by molar-refractivity contribution is 6.04. The van der Waals surface area contributed by atoms with Crippen LogP contribution in [0.25, 0.3) is 0 Å². The predicted molar refractivity (Wildman–Crippen MR) is 89.2 cm³/mol. The van der Waals surface area contributed by atoms with Gasteiger partial charge in [-0.3, -0.25) is 9.59 Å². The molecule has 1 aromatic carbocycles. The minimum atomic E-state index is -0.484. The normalized spacial score (nSPS) is 11.2. The number of H-pyrrole nitrogens is 1. The standard InChI is InChI=1S/C17H21N3O3/c1-10-13(15(22)20-16(18-10)17(2,3)4)14(21)19-11-6-8-12(23-5)9-7-11/h6-9H,1-5H3,(H,19,21)(H,18,20,22). The smallest absolute Gasteiger partial charge is 0.264 e. The first-order chi connectivity index (χ1) is 10.7. The van der Waals surface area contributed by atoms with Crippen molar-refractivity contribution in [1.82, 2.24) is 9.97 Å². The van der Waals surface area contributed by atoms with Crippen molar-refractivity contribution in [2.75, 3.05) is 12.4 Å². The van der Waals surface area contributed by atoms with Gasteiger partial charge in [0.1, 0.15) is 17.1 Å². The number of anilines is 1. The van der Waals surface area contributed by atoms with Gasteiger partial charge in [-0.15, -0.1) is 0 Å². The van der Waals surface area contributed by atoms with Crippen LogP contribution < -0.4 is 15.6 Å². The largest absolute Gasteiger partial charge is 0.497 e. The molecule has 23 heavy (non-hydrogen) atoms. The fraction of sp³-hybridized carbons (Fsp3) is 0.353. The number of aryl methyl sites for hydroxylation is 1. The number of nitrogens with zero attached hydrogens (tertiary/aromatic N) is 1. The fourth-order valence-electron chi connectivity index (χ4n) is 2.08. The number of hydrogen-bond donors (Lipinski definition) is 2. The van der Waals surface area contributed by atoms with Crippen molar-refractivity contribution in [2.45, 2.75) is 33.1 Å². The molecule has 0 bridgehead atoms. The van der Waals surface area contributed by atoms with Crippen LogP contribution in [0.2, 0.25) is 0 Å². The van der Waals surface area contributed by atoms with Gasteiger partial charge in [0.2, 0.25) is 0 Å². The summed E-state index contributed by atoms with van der Waals surface area (Å²) in [7, 11) is 1.57. The molecular weight excluding hydrogens is 294 g/mol. The van der Waals surface area contributed by atoms with Gasteiger partial charge in [-0.05, 0) is 31.2 Å². The van der Waals surface area contributed by atoms with Crippen LogP contribution in [0.3, 0.4) is 0 Å². The number of ether oxygens (including phenoxy) is 1. The predicted octanol–water partition coefficient (Wildman–Crippen LogP) is 2.64.